The Morgan fingerprint density at radius 3 is 2.77 bits per heavy atom. The van der Waals surface area contributed by atoms with Crippen molar-refractivity contribution in [3.05, 3.63) is 53.5 Å². The van der Waals surface area contributed by atoms with Gasteiger partial charge in [-0.05, 0) is 23.6 Å². The topological polar surface area (TPSA) is 104 Å². The van der Waals surface area contributed by atoms with Gasteiger partial charge < -0.3 is 11.5 Å². The molecule has 4 rings (SSSR count). The number of hydrogen-bond donors (Lipinski definition) is 2. The summed E-state index contributed by atoms with van der Waals surface area (Å²) in [7, 11) is 0. The molecular formula is C15H12N6S. The molecule has 0 aliphatic heterocycles. The second-order valence-electron chi connectivity index (χ2n) is 4.97. The van der Waals surface area contributed by atoms with Crippen molar-refractivity contribution in [2.75, 3.05) is 11.5 Å². The lowest BCUT2D eigenvalue weighted by Crippen LogP contribution is -1.97. The Labute approximate surface area is 130 Å². The van der Waals surface area contributed by atoms with E-state index in [0.29, 0.717) is 10.9 Å². The third kappa shape index (κ3) is 2.11. The van der Waals surface area contributed by atoms with Crippen LogP contribution >= 0.6 is 11.3 Å². The fourth-order valence-electron chi connectivity index (χ4n) is 2.56. The van der Waals surface area contributed by atoms with E-state index in [1.54, 1.807) is 12.4 Å². The summed E-state index contributed by atoms with van der Waals surface area (Å²) in [5, 5.41) is 9.24. The van der Waals surface area contributed by atoms with Gasteiger partial charge >= 0.3 is 0 Å². The molecule has 0 saturated carbocycles. The van der Waals surface area contributed by atoms with Crippen LogP contribution in [-0.2, 0) is 6.42 Å². The smallest absolute Gasteiger partial charge is 0.203 e. The van der Waals surface area contributed by atoms with E-state index in [4.69, 9.17) is 11.5 Å². The number of nitrogens with zero attached hydrogens (tertiary/aromatic N) is 4. The van der Waals surface area contributed by atoms with Crippen LogP contribution < -0.4 is 11.5 Å². The minimum atomic E-state index is 0.417. The first kappa shape index (κ1) is 12.9. The van der Waals surface area contributed by atoms with Crippen LogP contribution in [0.15, 0.2) is 36.7 Å². The maximum Gasteiger partial charge on any atom is 0.203 e. The summed E-state index contributed by atoms with van der Waals surface area (Å²) < 4.78 is 0. The van der Waals surface area contributed by atoms with Crippen molar-refractivity contribution in [2.45, 2.75) is 6.42 Å². The molecule has 3 aromatic rings. The fourth-order valence-corrected chi connectivity index (χ4v) is 3.17. The molecule has 6 nitrogen and oxygen atoms in total. The molecule has 0 spiro atoms. The van der Waals surface area contributed by atoms with E-state index in [1.165, 1.54) is 16.9 Å². The van der Waals surface area contributed by atoms with Gasteiger partial charge in [-0.25, -0.2) is 4.98 Å². The highest BCUT2D eigenvalue weighted by molar-refractivity contribution is 7.18. The first-order valence-electron chi connectivity index (χ1n) is 6.71. The van der Waals surface area contributed by atoms with Crippen LogP contribution in [0.5, 0.6) is 0 Å². The molecule has 2 heterocycles. The van der Waals surface area contributed by atoms with Gasteiger partial charge in [0.1, 0.15) is 10.8 Å². The molecule has 0 atom stereocenters. The fraction of sp³-hybridized carbons (Fsp3) is 0.0667. The van der Waals surface area contributed by atoms with E-state index in [2.05, 4.69) is 38.4 Å². The van der Waals surface area contributed by atoms with Crippen molar-refractivity contribution >= 4 is 27.9 Å². The standard InChI is InChI=1S/C15H12N6S/c16-13-7-18-6-12(19-13)10-4-3-8-1-2-9(5-11(8)10)14-20-21-15(17)22-14/h1-2,4-7H,3H2,(H2,16,19)(H2,17,21). The summed E-state index contributed by atoms with van der Waals surface area (Å²) in [5.41, 5.74) is 16.6. The van der Waals surface area contributed by atoms with Crippen LogP contribution in [0.4, 0.5) is 10.9 Å². The highest BCUT2D eigenvalue weighted by atomic mass is 32.1. The number of rotatable bonds is 2. The first-order valence-corrected chi connectivity index (χ1v) is 7.53. The largest absolute Gasteiger partial charge is 0.382 e. The monoisotopic (exact) mass is 308 g/mol. The Kier molecular flexibility index (Phi) is 2.87. The molecule has 0 amide bonds. The van der Waals surface area contributed by atoms with E-state index >= 15 is 0 Å². The zero-order chi connectivity index (χ0) is 15.1. The van der Waals surface area contributed by atoms with Crippen molar-refractivity contribution in [3.8, 4) is 10.6 Å². The average molecular weight is 308 g/mol. The van der Waals surface area contributed by atoms with Gasteiger partial charge in [0.05, 0.1) is 18.1 Å². The summed E-state index contributed by atoms with van der Waals surface area (Å²) >= 11 is 1.37. The maximum atomic E-state index is 5.74. The molecule has 1 aliphatic carbocycles. The van der Waals surface area contributed by atoms with Gasteiger partial charge in [-0.1, -0.05) is 29.5 Å². The lowest BCUT2D eigenvalue weighted by atomic mass is 10.0. The molecule has 22 heavy (non-hydrogen) atoms. The number of aromatic nitrogens is 4. The summed E-state index contributed by atoms with van der Waals surface area (Å²) in [6.45, 7) is 0. The van der Waals surface area contributed by atoms with Crippen molar-refractivity contribution in [1.82, 2.24) is 20.2 Å². The third-order valence-corrected chi connectivity index (χ3v) is 4.34. The molecule has 7 heteroatoms. The van der Waals surface area contributed by atoms with E-state index in [9.17, 15) is 0 Å². The van der Waals surface area contributed by atoms with Gasteiger partial charge in [0.2, 0.25) is 5.13 Å². The van der Waals surface area contributed by atoms with Gasteiger partial charge in [0.25, 0.3) is 0 Å². The number of nitrogen functional groups attached to an aromatic ring is 2. The molecule has 0 unspecified atom stereocenters. The van der Waals surface area contributed by atoms with Gasteiger partial charge in [-0.3, -0.25) is 4.98 Å². The number of nitrogens with two attached hydrogens (primary N) is 2. The highest BCUT2D eigenvalue weighted by Gasteiger charge is 2.18. The Morgan fingerprint density at radius 2 is 2.00 bits per heavy atom. The Balaban J connectivity index is 1.80. The van der Waals surface area contributed by atoms with E-state index in [0.717, 1.165) is 33.8 Å². The van der Waals surface area contributed by atoms with Crippen LogP contribution in [0.1, 0.15) is 16.8 Å². The number of hydrogen-bond acceptors (Lipinski definition) is 7. The quantitative estimate of drug-likeness (QED) is 0.751. The molecule has 2 aromatic heterocycles. The minimum absolute atomic E-state index is 0.417. The second kappa shape index (κ2) is 4.88. The number of fused-ring (bicyclic) bond motifs is 1. The molecular weight excluding hydrogens is 296 g/mol. The van der Waals surface area contributed by atoms with Gasteiger partial charge in [0, 0.05) is 11.1 Å². The summed E-state index contributed by atoms with van der Waals surface area (Å²) in [5.74, 6) is 0.417. The molecule has 4 N–H and O–H groups in total. The molecule has 1 aromatic carbocycles. The third-order valence-electron chi connectivity index (χ3n) is 3.54. The number of benzene rings is 1. The first-order chi connectivity index (χ1) is 10.7. The van der Waals surface area contributed by atoms with Crippen LogP contribution in [0, 0.1) is 0 Å². The highest BCUT2D eigenvalue weighted by Crippen LogP contribution is 2.35. The summed E-state index contributed by atoms with van der Waals surface area (Å²) in [4.78, 5) is 8.48. The van der Waals surface area contributed by atoms with Crippen LogP contribution in [0.2, 0.25) is 0 Å². The maximum absolute atomic E-state index is 5.74. The zero-order valence-electron chi connectivity index (χ0n) is 11.5. The number of anilines is 2. The number of allylic oxidation sites excluding steroid dienone is 1. The Hall–Kier alpha value is -2.80. The lowest BCUT2D eigenvalue weighted by Gasteiger charge is -2.07. The SMILES string of the molecule is Nc1cncc(C2=CCc3ccc(-c4nnc(N)s4)cc32)n1. The average Bonchev–Trinajstić information content (AvgIpc) is 3.12. The molecule has 1 aliphatic rings. The van der Waals surface area contributed by atoms with Crippen molar-refractivity contribution < 1.29 is 0 Å². The van der Waals surface area contributed by atoms with Crippen LogP contribution in [0.25, 0.3) is 16.1 Å². The second-order valence-corrected chi connectivity index (χ2v) is 5.98. The normalized spacial score (nSPS) is 13.0. The molecule has 0 radical (unpaired) electrons. The van der Waals surface area contributed by atoms with E-state index in [-0.39, 0.29) is 0 Å². The predicted molar refractivity (Wildman–Crippen MR) is 87.0 cm³/mol. The molecule has 0 fully saturated rings. The lowest BCUT2D eigenvalue weighted by molar-refractivity contribution is 1.10. The van der Waals surface area contributed by atoms with Crippen LogP contribution in [0.3, 0.4) is 0 Å². The van der Waals surface area contributed by atoms with E-state index < -0.39 is 0 Å². The minimum Gasteiger partial charge on any atom is -0.382 e. The Morgan fingerprint density at radius 1 is 1.09 bits per heavy atom. The molecule has 0 saturated heterocycles. The van der Waals surface area contributed by atoms with Crippen molar-refractivity contribution in [2.24, 2.45) is 0 Å². The van der Waals surface area contributed by atoms with Crippen molar-refractivity contribution in [1.29, 1.82) is 0 Å². The van der Waals surface area contributed by atoms with Gasteiger partial charge in [0.15, 0.2) is 0 Å². The summed E-state index contributed by atoms with van der Waals surface area (Å²) in [6.07, 6.45) is 6.29. The zero-order valence-corrected chi connectivity index (χ0v) is 12.3. The predicted octanol–water partition coefficient (Wildman–Crippen LogP) is 2.15. The Bertz CT molecular complexity index is 899. The van der Waals surface area contributed by atoms with Gasteiger partial charge in [-0.15, -0.1) is 10.2 Å². The van der Waals surface area contributed by atoms with Gasteiger partial charge in [-0.2, -0.15) is 0 Å². The summed E-state index contributed by atoms with van der Waals surface area (Å²) in [6, 6.07) is 6.24. The van der Waals surface area contributed by atoms with Crippen molar-refractivity contribution in [3.63, 3.8) is 0 Å². The molecule has 108 valence electrons. The van der Waals surface area contributed by atoms with Crippen LogP contribution in [-0.4, -0.2) is 20.2 Å². The molecule has 0 bridgehead atoms. The van der Waals surface area contributed by atoms with E-state index in [1.807, 2.05) is 6.07 Å².